The van der Waals surface area contributed by atoms with Crippen molar-refractivity contribution in [2.24, 2.45) is 0 Å². The lowest BCUT2D eigenvalue weighted by Gasteiger charge is -2.26. The fourth-order valence-electron chi connectivity index (χ4n) is 1.49. The minimum absolute atomic E-state index is 0.0116. The van der Waals surface area contributed by atoms with Crippen molar-refractivity contribution in [2.75, 3.05) is 6.54 Å². The Labute approximate surface area is 99.5 Å². The summed E-state index contributed by atoms with van der Waals surface area (Å²) in [6.45, 7) is 4.24. The molecule has 0 aliphatic carbocycles. The topological polar surface area (TPSA) is 16.1 Å². The number of aromatic nitrogens is 1. The molecule has 2 nitrogen and oxygen atoms in total. The summed E-state index contributed by atoms with van der Waals surface area (Å²) in [6, 6.07) is 5.52. The fraction of sp³-hybridized carbons (Fsp3) is 0.583. The van der Waals surface area contributed by atoms with Crippen LogP contribution in [0.15, 0.2) is 24.4 Å². The van der Waals surface area contributed by atoms with E-state index in [1.54, 1.807) is 17.2 Å². The molecule has 0 spiro atoms. The van der Waals surface area contributed by atoms with Crippen LogP contribution in [0.3, 0.4) is 0 Å². The molecule has 1 rings (SSSR count). The molecule has 0 unspecified atom stereocenters. The first-order valence-corrected chi connectivity index (χ1v) is 5.59. The number of alkyl halides is 3. The molecule has 0 amide bonds. The zero-order valence-electron chi connectivity index (χ0n) is 10.0. The number of halogens is 3. The Morgan fingerprint density at radius 3 is 2.47 bits per heavy atom. The average molecular weight is 246 g/mol. The van der Waals surface area contributed by atoms with Crippen LogP contribution in [0, 0.1) is 0 Å². The van der Waals surface area contributed by atoms with Crippen molar-refractivity contribution in [3.63, 3.8) is 0 Å². The van der Waals surface area contributed by atoms with Gasteiger partial charge in [0.25, 0.3) is 0 Å². The third kappa shape index (κ3) is 5.68. The summed E-state index contributed by atoms with van der Waals surface area (Å²) in [5.41, 5.74) is 0.795. The van der Waals surface area contributed by atoms with E-state index in [1.165, 1.54) is 0 Å². The Morgan fingerprint density at radius 2 is 2.00 bits per heavy atom. The van der Waals surface area contributed by atoms with Crippen LogP contribution in [-0.4, -0.2) is 28.6 Å². The summed E-state index contributed by atoms with van der Waals surface area (Å²) >= 11 is 0. The van der Waals surface area contributed by atoms with E-state index in [2.05, 4.69) is 4.98 Å². The van der Waals surface area contributed by atoms with Gasteiger partial charge in [-0.2, -0.15) is 13.2 Å². The van der Waals surface area contributed by atoms with E-state index in [9.17, 15) is 13.2 Å². The standard InChI is InChI=1S/C12H17F3N2/c1-10(2)17(8-6-12(13,14)15)9-11-5-3-4-7-16-11/h3-5,7,10H,6,8-9H2,1-2H3. The molecular formula is C12H17F3N2. The van der Waals surface area contributed by atoms with Gasteiger partial charge in [-0.25, -0.2) is 0 Å². The molecule has 1 aromatic heterocycles. The van der Waals surface area contributed by atoms with Gasteiger partial charge >= 0.3 is 6.18 Å². The quantitative estimate of drug-likeness (QED) is 0.792. The van der Waals surface area contributed by atoms with Crippen molar-refractivity contribution >= 4 is 0 Å². The molecule has 0 N–H and O–H groups in total. The summed E-state index contributed by atoms with van der Waals surface area (Å²) in [5.74, 6) is 0. The highest BCUT2D eigenvalue weighted by atomic mass is 19.4. The van der Waals surface area contributed by atoms with Gasteiger partial charge in [-0.05, 0) is 26.0 Å². The van der Waals surface area contributed by atoms with Crippen LogP contribution in [0.25, 0.3) is 0 Å². The number of hydrogen-bond donors (Lipinski definition) is 0. The molecule has 96 valence electrons. The minimum atomic E-state index is -4.10. The van der Waals surface area contributed by atoms with Crippen molar-refractivity contribution in [3.05, 3.63) is 30.1 Å². The predicted octanol–water partition coefficient (Wildman–Crippen LogP) is 3.24. The van der Waals surface area contributed by atoms with E-state index in [0.29, 0.717) is 6.54 Å². The Kier molecular flexibility index (Phi) is 4.93. The predicted molar refractivity (Wildman–Crippen MR) is 60.5 cm³/mol. The van der Waals surface area contributed by atoms with Crippen LogP contribution in [0.4, 0.5) is 13.2 Å². The summed E-state index contributed by atoms with van der Waals surface area (Å²) in [7, 11) is 0. The Bertz CT molecular complexity index is 322. The van der Waals surface area contributed by atoms with Gasteiger partial charge < -0.3 is 0 Å². The van der Waals surface area contributed by atoms with E-state index < -0.39 is 12.6 Å². The van der Waals surface area contributed by atoms with Crippen molar-refractivity contribution in [1.29, 1.82) is 0 Å². The summed E-state index contributed by atoms with van der Waals surface area (Å²) in [4.78, 5) is 5.90. The highest BCUT2D eigenvalue weighted by Crippen LogP contribution is 2.21. The first-order valence-electron chi connectivity index (χ1n) is 5.59. The molecule has 17 heavy (non-hydrogen) atoms. The van der Waals surface area contributed by atoms with Crippen LogP contribution < -0.4 is 0 Å². The Hall–Kier alpha value is -1.10. The van der Waals surface area contributed by atoms with Gasteiger partial charge in [0.1, 0.15) is 0 Å². The second-order valence-electron chi connectivity index (χ2n) is 4.25. The van der Waals surface area contributed by atoms with Crippen molar-refractivity contribution < 1.29 is 13.2 Å². The zero-order valence-corrected chi connectivity index (χ0v) is 10.0. The fourth-order valence-corrected chi connectivity index (χ4v) is 1.49. The first kappa shape index (κ1) is 14.0. The number of pyridine rings is 1. The number of rotatable bonds is 5. The molecule has 0 atom stereocenters. The molecule has 5 heteroatoms. The maximum absolute atomic E-state index is 12.2. The summed E-state index contributed by atoms with van der Waals surface area (Å²) in [5, 5.41) is 0. The van der Waals surface area contributed by atoms with Crippen LogP contribution in [0.1, 0.15) is 26.0 Å². The molecule has 0 aromatic carbocycles. The Morgan fingerprint density at radius 1 is 1.29 bits per heavy atom. The van der Waals surface area contributed by atoms with Crippen molar-refractivity contribution in [3.8, 4) is 0 Å². The second-order valence-corrected chi connectivity index (χ2v) is 4.25. The van der Waals surface area contributed by atoms with E-state index >= 15 is 0 Å². The van der Waals surface area contributed by atoms with Crippen LogP contribution in [0.5, 0.6) is 0 Å². The van der Waals surface area contributed by atoms with Crippen molar-refractivity contribution in [1.82, 2.24) is 9.88 Å². The SMILES string of the molecule is CC(C)N(CCC(F)(F)F)Cc1ccccn1. The van der Waals surface area contributed by atoms with Gasteiger partial charge in [-0.1, -0.05) is 6.07 Å². The molecule has 0 saturated heterocycles. The lowest BCUT2D eigenvalue weighted by atomic mass is 10.2. The van der Waals surface area contributed by atoms with Gasteiger partial charge in [0.05, 0.1) is 12.1 Å². The lowest BCUT2D eigenvalue weighted by Crippen LogP contribution is -2.33. The molecule has 1 aromatic rings. The average Bonchev–Trinajstić information content (AvgIpc) is 2.24. The minimum Gasteiger partial charge on any atom is -0.295 e. The van der Waals surface area contributed by atoms with Gasteiger partial charge in [-0.15, -0.1) is 0 Å². The van der Waals surface area contributed by atoms with Gasteiger partial charge in [0.2, 0.25) is 0 Å². The molecule has 0 saturated carbocycles. The molecule has 1 heterocycles. The molecular weight excluding hydrogens is 229 g/mol. The Balaban J connectivity index is 2.55. The van der Waals surface area contributed by atoms with E-state index in [1.807, 2.05) is 26.0 Å². The van der Waals surface area contributed by atoms with Crippen LogP contribution >= 0.6 is 0 Å². The summed E-state index contributed by atoms with van der Waals surface area (Å²) < 4.78 is 36.5. The van der Waals surface area contributed by atoms with Crippen molar-refractivity contribution in [2.45, 2.75) is 39.0 Å². The van der Waals surface area contributed by atoms with Gasteiger partial charge in [-0.3, -0.25) is 9.88 Å². The maximum atomic E-state index is 12.2. The highest BCUT2D eigenvalue weighted by Gasteiger charge is 2.28. The lowest BCUT2D eigenvalue weighted by molar-refractivity contribution is -0.139. The summed E-state index contributed by atoms with van der Waals surface area (Å²) in [6.07, 6.45) is -3.23. The van der Waals surface area contributed by atoms with Crippen LogP contribution in [0.2, 0.25) is 0 Å². The second kappa shape index (κ2) is 6.00. The maximum Gasteiger partial charge on any atom is 0.390 e. The molecule has 0 aliphatic heterocycles. The third-order valence-electron chi connectivity index (χ3n) is 2.50. The zero-order chi connectivity index (χ0) is 12.9. The molecule has 0 aliphatic rings. The van der Waals surface area contributed by atoms with Gasteiger partial charge in [0, 0.05) is 25.3 Å². The molecule has 0 radical (unpaired) electrons. The largest absolute Gasteiger partial charge is 0.390 e. The third-order valence-corrected chi connectivity index (χ3v) is 2.50. The highest BCUT2D eigenvalue weighted by molar-refractivity contribution is 5.03. The number of nitrogens with zero attached hydrogens (tertiary/aromatic N) is 2. The smallest absolute Gasteiger partial charge is 0.295 e. The molecule has 0 bridgehead atoms. The normalized spacial score (nSPS) is 12.4. The van der Waals surface area contributed by atoms with E-state index in [4.69, 9.17) is 0 Å². The van der Waals surface area contributed by atoms with Gasteiger partial charge in [0.15, 0.2) is 0 Å². The molecule has 0 fully saturated rings. The monoisotopic (exact) mass is 246 g/mol. The van der Waals surface area contributed by atoms with E-state index in [-0.39, 0.29) is 12.6 Å². The number of hydrogen-bond acceptors (Lipinski definition) is 2. The van der Waals surface area contributed by atoms with Crippen LogP contribution in [-0.2, 0) is 6.54 Å². The van der Waals surface area contributed by atoms with E-state index in [0.717, 1.165) is 5.69 Å². The first-order chi connectivity index (χ1) is 7.88.